The normalized spacial score (nSPS) is 20.1. The summed E-state index contributed by atoms with van der Waals surface area (Å²) < 4.78 is 9.58. The van der Waals surface area contributed by atoms with Crippen LogP contribution < -0.4 is 10.6 Å². The number of likely N-dealkylation sites (tertiary alicyclic amines) is 1. The number of allylic oxidation sites excluding steroid dienone is 3. The van der Waals surface area contributed by atoms with Crippen LogP contribution in [0.4, 0.5) is 9.80 Å². The van der Waals surface area contributed by atoms with Crippen LogP contribution in [0, 0.1) is 18.3 Å². The summed E-state index contributed by atoms with van der Waals surface area (Å²) >= 11 is 1.33. The molecule has 1 fully saturated rings. The summed E-state index contributed by atoms with van der Waals surface area (Å²) in [5.74, 6) is 0. The van der Waals surface area contributed by atoms with E-state index in [0.717, 1.165) is 23.5 Å². The molecule has 1 saturated heterocycles. The number of aryl methyl sites for hydroxylation is 1. The molecule has 2 atom stereocenters. The summed E-state index contributed by atoms with van der Waals surface area (Å²) in [4.78, 5) is 18.6. The van der Waals surface area contributed by atoms with Gasteiger partial charge in [0, 0.05) is 30.0 Å². The molecule has 1 amide bonds. The van der Waals surface area contributed by atoms with Gasteiger partial charge in [0.05, 0.1) is 11.9 Å². The largest absolute Gasteiger partial charge is 0.444 e. The molecule has 0 aliphatic carbocycles. The number of nitriles is 1. The van der Waals surface area contributed by atoms with Gasteiger partial charge in [0.1, 0.15) is 16.7 Å². The van der Waals surface area contributed by atoms with Gasteiger partial charge in [-0.1, -0.05) is 6.58 Å². The van der Waals surface area contributed by atoms with E-state index in [2.05, 4.69) is 44.5 Å². The number of nitrogens with zero attached hydrogens (tertiary/aromatic N) is 4. The molecule has 2 N–H and O–H groups in total. The summed E-state index contributed by atoms with van der Waals surface area (Å²) in [7, 11) is 0. The Morgan fingerprint density at radius 3 is 2.77 bits per heavy atom. The summed E-state index contributed by atoms with van der Waals surface area (Å²) in [6, 6.07) is 4.25. The Balaban J connectivity index is 2.02. The van der Waals surface area contributed by atoms with Crippen LogP contribution in [0.3, 0.4) is 0 Å². The number of piperidine rings is 1. The Kier molecular flexibility index (Phi) is 8.22. The van der Waals surface area contributed by atoms with Crippen molar-refractivity contribution in [2.45, 2.75) is 72.1 Å². The topological polar surface area (TPSA) is 103 Å². The SMILES string of the molecule is C=C(C=N/C(C#N)=C(\C)Nc1cc(C)ns1)N1CC(NC(=O)OC(C)(C)C)CCC1C. The van der Waals surface area contributed by atoms with Gasteiger partial charge in [-0.15, -0.1) is 0 Å². The number of ether oxygens (including phenoxy) is 1. The van der Waals surface area contributed by atoms with Gasteiger partial charge >= 0.3 is 6.09 Å². The first-order chi connectivity index (χ1) is 14.5. The fourth-order valence-corrected chi connectivity index (χ4v) is 3.91. The van der Waals surface area contributed by atoms with Crippen molar-refractivity contribution in [1.29, 1.82) is 5.26 Å². The van der Waals surface area contributed by atoms with Gasteiger partial charge in [0.25, 0.3) is 0 Å². The highest BCUT2D eigenvalue weighted by molar-refractivity contribution is 7.10. The Hall–Kier alpha value is -2.86. The van der Waals surface area contributed by atoms with E-state index in [1.165, 1.54) is 11.5 Å². The number of anilines is 1. The minimum absolute atomic E-state index is 0.0415. The highest BCUT2D eigenvalue weighted by Crippen LogP contribution is 2.22. The van der Waals surface area contributed by atoms with Crippen LogP contribution in [-0.4, -0.2) is 45.8 Å². The standard InChI is InChI=1S/C22H32N6O2S/c1-14-10-20(31-27-14)25-17(4)19(11-23)24-12-16(3)28-13-18(9-8-15(28)2)26-21(29)30-22(5,6)7/h10,12,15,18,25H,3,8-9,13H2,1-2,4-7H3,(H,26,29)/b19-17+,24-12?. The smallest absolute Gasteiger partial charge is 0.407 e. The quantitative estimate of drug-likeness (QED) is 0.492. The van der Waals surface area contributed by atoms with Crippen molar-refractivity contribution >= 4 is 28.8 Å². The molecule has 0 bridgehead atoms. The maximum Gasteiger partial charge on any atom is 0.407 e. The van der Waals surface area contributed by atoms with Gasteiger partial charge in [0.15, 0.2) is 5.70 Å². The fourth-order valence-electron chi connectivity index (χ4n) is 3.19. The van der Waals surface area contributed by atoms with Gasteiger partial charge in [-0.05, 0) is 72.0 Å². The zero-order chi connectivity index (χ0) is 23.2. The van der Waals surface area contributed by atoms with E-state index in [1.807, 2.05) is 33.8 Å². The summed E-state index contributed by atoms with van der Waals surface area (Å²) in [6.07, 6.45) is 2.95. The first kappa shape index (κ1) is 24.4. The van der Waals surface area contributed by atoms with Crippen molar-refractivity contribution < 1.29 is 9.53 Å². The second kappa shape index (κ2) is 10.4. The summed E-state index contributed by atoms with van der Waals surface area (Å²) in [5, 5.41) is 16.5. The number of alkyl carbamates (subject to hydrolysis) is 1. The molecule has 0 saturated carbocycles. The fraction of sp³-hybridized carbons (Fsp3) is 0.545. The lowest BCUT2D eigenvalue weighted by Gasteiger charge is -2.40. The molecule has 9 heteroatoms. The Morgan fingerprint density at radius 1 is 1.48 bits per heavy atom. The van der Waals surface area contributed by atoms with E-state index in [0.29, 0.717) is 17.9 Å². The lowest BCUT2D eigenvalue weighted by Crippen LogP contribution is -2.51. The van der Waals surface area contributed by atoms with Crippen molar-refractivity contribution in [3.05, 3.63) is 35.4 Å². The maximum absolute atomic E-state index is 12.1. The Labute approximate surface area is 188 Å². The van der Waals surface area contributed by atoms with Crippen LogP contribution in [0.5, 0.6) is 0 Å². The minimum Gasteiger partial charge on any atom is -0.444 e. The van der Waals surface area contributed by atoms with Gasteiger partial charge in [-0.3, -0.25) is 0 Å². The first-order valence-corrected chi connectivity index (χ1v) is 11.1. The number of carbonyl (C=O) groups is 1. The predicted molar refractivity (Wildman–Crippen MR) is 125 cm³/mol. The van der Waals surface area contributed by atoms with Gasteiger partial charge in [0.2, 0.25) is 0 Å². The number of amides is 1. The van der Waals surface area contributed by atoms with E-state index in [4.69, 9.17) is 4.74 Å². The van der Waals surface area contributed by atoms with Gasteiger partial charge in [-0.25, -0.2) is 9.79 Å². The van der Waals surface area contributed by atoms with Crippen LogP contribution >= 0.6 is 11.5 Å². The van der Waals surface area contributed by atoms with Crippen molar-refractivity contribution in [2.75, 3.05) is 11.9 Å². The van der Waals surface area contributed by atoms with Crippen molar-refractivity contribution in [3.8, 4) is 6.07 Å². The maximum atomic E-state index is 12.1. The molecule has 2 unspecified atom stereocenters. The summed E-state index contributed by atoms with van der Waals surface area (Å²) in [5.41, 5.74) is 2.00. The number of aliphatic imine (C=N–C) groups is 1. The molecule has 1 aliphatic rings. The van der Waals surface area contributed by atoms with E-state index >= 15 is 0 Å². The molecule has 31 heavy (non-hydrogen) atoms. The molecule has 0 radical (unpaired) electrons. The first-order valence-electron chi connectivity index (χ1n) is 10.3. The van der Waals surface area contributed by atoms with Crippen LogP contribution in [-0.2, 0) is 4.74 Å². The second-order valence-corrected chi connectivity index (χ2v) is 9.52. The van der Waals surface area contributed by atoms with Crippen LogP contribution in [0.2, 0.25) is 0 Å². The van der Waals surface area contributed by atoms with Crippen molar-refractivity contribution in [2.24, 2.45) is 4.99 Å². The molecule has 168 valence electrons. The van der Waals surface area contributed by atoms with Crippen LogP contribution in [0.15, 0.2) is 34.7 Å². The molecular weight excluding hydrogens is 412 g/mol. The number of carbonyl (C=O) groups excluding carboxylic acids is 1. The zero-order valence-electron chi connectivity index (χ0n) is 19.2. The lowest BCUT2D eigenvalue weighted by molar-refractivity contribution is 0.0468. The third-order valence-electron chi connectivity index (χ3n) is 4.71. The Bertz CT molecular complexity index is 906. The van der Waals surface area contributed by atoms with Crippen LogP contribution in [0.1, 0.15) is 53.2 Å². The van der Waals surface area contributed by atoms with E-state index in [1.54, 1.807) is 13.1 Å². The predicted octanol–water partition coefficient (Wildman–Crippen LogP) is 4.58. The highest BCUT2D eigenvalue weighted by Gasteiger charge is 2.28. The monoisotopic (exact) mass is 444 g/mol. The van der Waals surface area contributed by atoms with Gasteiger partial charge < -0.3 is 20.3 Å². The van der Waals surface area contributed by atoms with Crippen LogP contribution in [0.25, 0.3) is 0 Å². The molecular formula is C22H32N6O2S. The molecule has 1 aromatic rings. The molecule has 0 aromatic carbocycles. The molecule has 2 heterocycles. The highest BCUT2D eigenvalue weighted by atomic mass is 32.1. The summed E-state index contributed by atoms with van der Waals surface area (Å²) in [6.45, 7) is 16.1. The molecule has 8 nitrogen and oxygen atoms in total. The van der Waals surface area contributed by atoms with Gasteiger partial charge in [-0.2, -0.15) is 9.64 Å². The number of nitrogens with one attached hydrogen (secondary N) is 2. The molecule has 1 aromatic heterocycles. The molecule has 0 spiro atoms. The molecule has 2 rings (SSSR count). The zero-order valence-corrected chi connectivity index (χ0v) is 20.0. The second-order valence-electron chi connectivity index (χ2n) is 8.71. The number of rotatable bonds is 6. The van der Waals surface area contributed by atoms with Crippen molar-refractivity contribution in [1.82, 2.24) is 14.6 Å². The minimum atomic E-state index is -0.536. The third kappa shape index (κ3) is 7.72. The molecule has 1 aliphatic heterocycles. The van der Waals surface area contributed by atoms with E-state index in [-0.39, 0.29) is 17.8 Å². The Morgan fingerprint density at radius 2 is 2.19 bits per heavy atom. The average Bonchev–Trinajstić information content (AvgIpc) is 3.06. The lowest BCUT2D eigenvalue weighted by atomic mass is 9.99. The third-order valence-corrected chi connectivity index (χ3v) is 5.51. The average molecular weight is 445 g/mol. The number of hydrogen-bond acceptors (Lipinski definition) is 8. The van der Waals surface area contributed by atoms with E-state index < -0.39 is 11.7 Å². The number of aromatic nitrogens is 1. The van der Waals surface area contributed by atoms with Crippen molar-refractivity contribution in [3.63, 3.8) is 0 Å². The van der Waals surface area contributed by atoms with E-state index in [9.17, 15) is 10.1 Å². The number of hydrogen-bond donors (Lipinski definition) is 2.